The molecule has 0 saturated carbocycles. The van der Waals surface area contributed by atoms with Gasteiger partial charge in [-0.2, -0.15) is 4.98 Å². The molecule has 11 nitrogen and oxygen atoms in total. The lowest BCUT2D eigenvalue weighted by Crippen LogP contribution is -2.32. The Morgan fingerprint density at radius 1 is 1.16 bits per heavy atom. The monoisotopic (exact) mass is 519 g/mol. The Bertz CT molecular complexity index is 1530. The fourth-order valence-electron chi connectivity index (χ4n) is 4.57. The molecule has 3 N–H and O–H groups in total. The minimum absolute atomic E-state index is 0.270. The van der Waals surface area contributed by atoms with Gasteiger partial charge in [0.05, 0.1) is 36.4 Å². The van der Waals surface area contributed by atoms with E-state index in [1.54, 1.807) is 38.6 Å². The predicted octanol–water partition coefficient (Wildman–Crippen LogP) is 3.26. The van der Waals surface area contributed by atoms with Gasteiger partial charge in [-0.3, -0.25) is 14.0 Å². The summed E-state index contributed by atoms with van der Waals surface area (Å²) in [5.41, 5.74) is 10.6. The Hall–Kier alpha value is -4.29. The molecule has 0 saturated heterocycles. The molecule has 1 aliphatic rings. The number of amides is 1. The highest BCUT2D eigenvalue weighted by molar-refractivity contribution is 7.95. The highest BCUT2D eigenvalue weighted by Gasteiger charge is 2.25. The van der Waals surface area contributed by atoms with Gasteiger partial charge in [0.25, 0.3) is 5.24 Å². The number of anilines is 3. The molecule has 2 aromatic carbocycles. The number of rotatable bonds is 5. The van der Waals surface area contributed by atoms with Gasteiger partial charge in [0.15, 0.2) is 11.5 Å². The number of nitrogens with one attached hydrogen (secondary N) is 1. The van der Waals surface area contributed by atoms with Crippen LogP contribution in [-0.4, -0.2) is 49.7 Å². The van der Waals surface area contributed by atoms with Crippen molar-refractivity contribution in [1.82, 2.24) is 15.0 Å². The summed E-state index contributed by atoms with van der Waals surface area (Å²) in [5.74, 6) is 1.67. The zero-order valence-corrected chi connectivity index (χ0v) is 20.9. The normalized spacial score (nSPS) is 13.6. The molecule has 190 valence electrons. The smallest absolute Gasteiger partial charge is 0.300 e. The summed E-state index contributed by atoms with van der Waals surface area (Å²) in [6.07, 6.45) is 2.23. The van der Waals surface area contributed by atoms with E-state index < -0.39 is 16.3 Å². The van der Waals surface area contributed by atoms with E-state index in [1.165, 1.54) is 0 Å². The van der Waals surface area contributed by atoms with E-state index in [1.807, 2.05) is 29.2 Å². The molecule has 12 heteroatoms. The maximum absolute atomic E-state index is 11.7. The first-order valence-corrected chi connectivity index (χ1v) is 12.4. The number of nitrogens with two attached hydrogens (primary N) is 1. The van der Waals surface area contributed by atoms with Gasteiger partial charge in [-0.15, -0.1) is 0 Å². The number of aromatic nitrogens is 3. The van der Waals surface area contributed by atoms with Gasteiger partial charge in [0, 0.05) is 42.1 Å². The van der Waals surface area contributed by atoms with E-state index in [2.05, 4.69) is 15.3 Å². The van der Waals surface area contributed by atoms with Gasteiger partial charge in [-0.25, -0.2) is 4.98 Å². The topological polar surface area (TPSA) is 156 Å². The maximum atomic E-state index is 11.7. The third-order valence-electron chi connectivity index (χ3n) is 6.20. The molecule has 0 aliphatic carbocycles. The van der Waals surface area contributed by atoms with Gasteiger partial charge >= 0.3 is 0 Å². The van der Waals surface area contributed by atoms with Crippen LogP contribution < -0.4 is 25.4 Å². The van der Waals surface area contributed by atoms with E-state index in [0.29, 0.717) is 64.8 Å². The number of ether oxygens (including phenoxy) is 2. The Labute approximate surface area is 214 Å². The van der Waals surface area contributed by atoms with Crippen LogP contribution in [0.3, 0.4) is 0 Å². The first-order chi connectivity index (χ1) is 17.9. The molecule has 0 spiro atoms. The zero-order valence-electron chi connectivity index (χ0n) is 20.1. The average molecular weight is 520 g/mol. The van der Waals surface area contributed by atoms with E-state index in [9.17, 15) is 13.6 Å². The molecule has 0 radical (unpaired) electrons. The molecule has 3 heterocycles. The molecule has 1 unspecified atom stereocenters. The number of nitrogen functional groups attached to an aromatic ring is 1. The second kappa shape index (κ2) is 9.99. The summed E-state index contributed by atoms with van der Waals surface area (Å²) in [7, 11) is 3.11. The Balaban J connectivity index is 1.57. The van der Waals surface area contributed by atoms with Crippen LogP contribution in [0, 0.1) is 0 Å². The number of benzene rings is 2. The third-order valence-corrected chi connectivity index (χ3v) is 6.61. The van der Waals surface area contributed by atoms with Crippen molar-refractivity contribution in [3.63, 3.8) is 0 Å². The van der Waals surface area contributed by atoms with Crippen molar-refractivity contribution < 1.29 is 23.0 Å². The molecule has 1 amide bonds. The predicted molar refractivity (Wildman–Crippen MR) is 139 cm³/mol. The van der Waals surface area contributed by atoms with E-state index in [-0.39, 0.29) is 5.82 Å². The molecule has 0 bridgehead atoms. The summed E-state index contributed by atoms with van der Waals surface area (Å²) < 4.78 is 33.2. The number of methoxy groups -OCH3 is 2. The fraction of sp³-hybridized carbons (Fsp3) is 0.200. The van der Waals surface area contributed by atoms with Gasteiger partial charge in [-0.05, 0) is 35.7 Å². The lowest BCUT2D eigenvalue weighted by molar-refractivity contribution is 0.267. The second-order valence-electron chi connectivity index (χ2n) is 8.27. The lowest BCUT2D eigenvalue weighted by atomic mass is 9.98. The summed E-state index contributed by atoms with van der Waals surface area (Å²) >= 11 is -2.85. The number of fused-ring (bicyclic) bond motifs is 2. The van der Waals surface area contributed by atoms with Gasteiger partial charge in [0.2, 0.25) is 5.95 Å². The Kier molecular flexibility index (Phi) is 6.59. The SMILES string of the molecule is COc1cc2nc(N3CCc4c(cccc4NC(=O)S(=O)[O-])C3)nc(N)c2c(-c2ccccn2)c1OC. The standard InChI is InChI=1S/C25H24N6O5S/c1-35-19-12-18-21(20(22(19)36-2)17-7-3-4-10-27-17)23(26)30-24(28-18)31-11-9-15-14(13-31)6-5-8-16(15)29-25(32)37(33)34/h3-8,10,12H,9,11,13H2,1-2H3,(H,29,32)(H,33,34)(H2,26,28,30)/p-1. The van der Waals surface area contributed by atoms with Crippen molar-refractivity contribution in [1.29, 1.82) is 0 Å². The molecule has 5 rings (SSSR count). The molecule has 2 aromatic heterocycles. The van der Waals surface area contributed by atoms with Crippen molar-refractivity contribution >= 4 is 44.7 Å². The number of pyridine rings is 1. The summed E-state index contributed by atoms with van der Waals surface area (Å²) in [6, 6.07) is 12.7. The molecular weight excluding hydrogens is 496 g/mol. The molecular formula is C25H23N6O5S-. The van der Waals surface area contributed by atoms with Crippen LogP contribution in [0.1, 0.15) is 11.1 Å². The average Bonchev–Trinajstić information content (AvgIpc) is 2.92. The Morgan fingerprint density at radius 3 is 2.70 bits per heavy atom. The molecule has 1 aliphatic heterocycles. The quantitative estimate of drug-likeness (QED) is 0.375. The molecule has 37 heavy (non-hydrogen) atoms. The van der Waals surface area contributed by atoms with Crippen LogP contribution in [0.4, 0.5) is 22.2 Å². The third kappa shape index (κ3) is 4.52. The van der Waals surface area contributed by atoms with Crippen molar-refractivity contribution in [3.05, 3.63) is 59.8 Å². The molecule has 1 atom stereocenters. The van der Waals surface area contributed by atoms with E-state index >= 15 is 0 Å². The highest BCUT2D eigenvalue weighted by atomic mass is 32.2. The zero-order chi connectivity index (χ0) is 26.1. The number of nitrogens with zero attached hydrogens (tertiary/aromatic N) is 4. The number of carbonyl (C=O) groups is 1. The van der Waals surface area contributed by atoms with Gasteiger partial charge in [-0.1, -0.05) is 18.2 Å². The molecule has 4 aromatic rings. The highest BCUT2D eigenvalue weighted by Crippen LogP contribution is 2.44. The summed E-state index contributed by atoms with van der Waals surface area (Å²) in [6.45, 7) is 0.983. The first kappa shape index (κ1) is 24.4. The summed E-state index contributed by atoms with van der Waals surface area (Å²) in [4.78, 5) is 27.6. The van der Waals surface area contributed by atoms with Crippen LogP contribution in [0.25, 0.3) is 22.2 Å². The number of hydrogen-bond donors (Lipinski definition) is 2. The maximum Gasteiger partial charge on any atom is 0.300 e. The van der Waals surface area contributed by atoms with Gasteiger partial charge in [0.1, 0.15) is 5.82 Å². The first-order valence-electron chi connectivity index (χ1n) is 11.3. The number of carbonyl (C=O) groups excluding carboxylic acids is 1. The van der Waals surface area contributed by atoms with Crippen LogP contribution in [0.5, 0.6) is 11.5 Å². The van der Waals surface area contributed by atoms with Gasteiger partial charge < -0.3 is 30.0 Å². The van der Waals surface area contributed by atoms with Crippen molar-refractivity contribution in [2.45, 2.75) is 13.0 Å². The minimum Gasteiger partial charge on any atom is -0.765 e. The van der Waals surface area contributed by atoms with Crippen LogP contribution in [-0.2, 0) is 24.0 Å². The van der Waals surface area contributed by atoms with Crippen molar-refractivity contribution in [3.8, 4) is 22.8 Å². The van der Waals surface area contributed by atoms with E-state index in [4.69, 9.17) is 20.2 Å². The van der Waals surface area contributed by atoms with Crippen molar-refractivity contribution in [2.24, 2.45) is 0 Å². The minimum atomic E-state index is -2.85. The van der Waals surface area contributed by atoms with Crippen LogP contribution in [0.2, 0.25) is 0 Å². The summed E-state index contributed by atoms with van der Waals surface area (Å²) in [5, 5.41) is 1.98. The largest absolute Gasteiger partial charge is 0.765 e. The second-order valence-corrected chi connectivity index (χ2v) is 9.11. The number of hydrogen-bond acceptors (Lipinski definition) is 10. The van der Waals surface area contributed by atoms with Crippen LogP contribution >= 0.6 is 0 Å². The van der Waals surface area contributed by atoms with E-state index in [0.717, 1.165) is 11.1 Å². The molecule has 0 fully saturated rings. The van der Waals surface area contributed by atoms with Crippen molar-refractivity contribution in [2.75, 3.05) is 36.7 Å². The lowest BCUT2D eigenvalue weighted by Gasteiger charge is -2.30. The van der Waals surface area contributed by atoms with Crippen LogP contribution in [0.15, 0.2) is 48.7 Å². The fourth-order valence-corrected chi connectivity index (χ4v) is 4.76. The Morgan fingerprint density at radius 2 is 2.00 bits per heavy atom.